The van der Waals surface area contributed by atoms with E-state index >= 15 is 0 Å². The Hall–Kier alpha value is -1.15. The molecular formula is C15H21NO. The first-order valence-electron chi connectivity index (χ1n) is 6.49. The summed E-state index contributed by atoms with van der Waals surface area (Å²) in [5.41, 5.74) is 2.81. The third-order valence-corrected chi connectivity index (χ3v) is 3.39. The maximum Gasteiger partial charge on any atom is 0.134 e. The average molecular weight is 231 g/mol. The summed E-state index contributed by atoms with van der Waals surface area (Å²) < 4.78 is 0. The van der Waals surface area contributed by atoms with E-state index in [4.69, 9.17) is 0 Å². The van der Waals surface area contributed by atoms with Crippen molar-refractivity contribution in [1.29, 1.82) is 0 Å². The molecule has 1 aromatic carbocycles. The molecule has 2 rings (SSSR count). The van der Waals surface area contributed by atoms with E-state index in [0.29, 0.717) is 24.2 Å². The van der Waals surface area contributed by atoms with Gasteiger partial charge >= 0.3 is 0 Å². The number of hydrogen-bond donors (Lipinski definition) is 1. The van der Waals surface area contributed by atoms with Crippen LogP contribution in [-0.2, 0) is 11.2 Å². The quantitative estimate of drug-likeness (QED) is 0.815. The molecule has 92 valence electrons. The van der Waals surface area contributed by atoms with Crippen LogP contribution in [0.3, 0.4) is 0 Å². The highest BCUT2D eigenvalue weighted by atomic mass is 16.1. The van der Waals surface area contributed by atoms with Crippen molar-refractivity contribution >= 4 is 5.78 Å². The lowest BCUT2D eigenvalue weighted by Gasteiger charge is -2.29. The molecule has 1 N–H and O–H groups in total. The second-order valence-corrected chi connectivity index (χ2v) is 5.20. The standard InChI is InChI=1S/C15H21NO/c1-11(2)16-8-7-14(17)10-13-9-12-5-3-4-6-15(12)13/h3-6,11,13,16H,7-10H2,1-2H3. The van der Waals surface area contributed by atoms with E-state index in [1.165, 1.54) is 11.1 Å². The number of carbonyl (C=O) groups is 1. The van der Waals surface area contributed by atoms with Crippen molar-refractivity contribution in [2.45, 2.75) is 45.1 Å². The van der Waals surface area contributed by atoms with Crippen molar-refractivity contribution < 1.29 is 4.79 Å². The highest BCUT2D eigenvalue weighted by Crippen LogP contribution is 2.37. The molecule has 0 spiro atoms. The van der Waals surface area contributed by atoms with Crippen LogP contribution in [0.4, 0.5) is 0 Å². The molecule has 0 bridgehead atoms. The molecule has 2 heteroatoms. The van der Waals surface area contributed by atoms with Crippen LogP contribution in [0, 0.1) is 0 Å². The van der Waals surface area contributed by atoms with Crippen LogP contribution >= 0.6 is 0 Å². The molecule has 0 aromatic heterocycles. The molecule has 1 aliphatic rings. The molecule has 0 amide bonds. The molecule has 0 fully saturated rings. The summed E-state index contributed by atoms with van der Waals surface area (Å²) in [6, 6.07) is 8.92. The monoisotopic (exact) mass is 231 g/mol. The van der Waals surface area contributed by atoms with Gasteiger partial charge in [0.25, 0.3) is 0 Å². The molecule has 1 atom stereocenters. The Morgan fingerprint density at radius 2 is 2.18 bits per heavy atom. The number of benzene rings is 1. The first-order valence-corrected chi connectivity index (χ1v) is 6.49. The minimum Gasteiger partial charge on any atom is -0.314 e. The number of Topliss-reactive ketones (excluding diaryl/α,β-unsaturated/α-hetero) is 1. The highest BCUT2D eigenvalue weighted by Gasteiger charge is 2.26. The van der Waals surface area contributed by atoms with Gasteiger partial charge in [0.05, 0.1) is 0 Å². The van der Waals surface area contributed by atoms with Gasteiger partial charge in [0.1, 0.15) is 5.78 Å². The van der Waals surface area contributed by atoms with E-state index in [0.717, 1.165) is 19.4 Å². The lowest BCUT2D eigenvalue weighted by atomic mass is 9.75. The molecule has 1 aromatic rings. The van der Waals surface area contributed by atoms with Crippen LogP contribution in [0.2, 0.25) is 0 Å². The van der Waals surface area contributed by atoms with Gasteiger partial charge in [0.2, 0.25) is 0 Å². The maximum atomic E-state index is 11.8. The number of rotatable bonds is 6. The summed E-state index contributed by atoms with van der Waals surface area (Å²) in [4.78, 5) is 11.8. The van der Waals surface area contributed by atoms with Crippen molar-refractivity contribution in [1.82, 2.24) is 5.32 Å². The fourth-order valence-corrected chi connectivity index (χ4v) is 2.42. The minimum absolute atomic E-state index is 0.387. The van der Waals surface area contributed by atoms with Crippen molar-refractivity contribution in [3.63, 3.8) is 0 Å². The first-order chi connectivity index (χ1) is 8.16. The second-order valence-electron chi connectivity index (χ2n) is 5.20. The third kappa shape index (κ3) is 3.16. The van der Waals surface area contributed by atoms with Gasteiger partial charge in [-0.1, -0.05) is 38.1 Å². The zero-order chi connectivity index (χ0) is 12.3. The normalized spacial score (nSPS) is 17.7. The molecule has 2 nitrogen and oxygen atoms in total. The predicted octanol–water partition coefficient (Wildman–Crippen LogP) is 2.67. The topological polar surface area (TPSA) is 29.1 Å². The van der Waals surface area contributed by atoms with E-state index in [1.54, 1.807) is 0 Å². The Morgan fingerprint density at radius 3 is 2.88 bits per heavy atom. The van der Waals surface area contributed by atoms with Crippen molar-refractivity contribution in [3.8, 4) is 0 Å². The summed E-state index contributed by atoms with van der Waals surface area (Å²) in [7, 11) is 0. The van der Waals surface area contributed by atoms with E-state index in [9.17, 15) is 4.79 Å². The Kier molecular flexibility index (Phi) is 3.95. The van der Waals surface area contributed by atoms with E-state index in [2.05, 4.69) is 43.4 Å². The SMILES string of the molecule is CC(C)NCCC(=O)CC1Cc2ccccc21. The molecule has 1 aliphatic carbocycles. The zero-order valence-corrected chi connectivity index (χ0v) is 10.7. The molecule has 0 heterocycles. The van der Waals surface area contributed by atoms with Gasteiger partial charge in [-0.15, -0.1) is 0 Å². The van der Waals surface area contributed by atoms with E-state index < -0.39 is 0 Å². The summed E-state index contributed by atoms with van der Waals surface area (Å²) in [5, 5.41) is 3.28. The van der Waals surface area contributed by atoms with Crippen LogP contribution in [0.15, 0.2) is 24.3 Å². The van der Waals surface area contributed by atoms with Crippen LogP contribution in [0.1, 0.15) is 43.7 Å². The molecule has 1 unspecified atom stereocenters. The van der Waals surface area contributed by atoms with Crippen LogP contribution in [0.5, 0.6) is 0 Å². The van der Waals surface area contributed by atoms with Gasteiger partial charge in [-0.05, 0) is 23.5 Å². The fraction of sp³-hybridized carbons (Fsp3) is 0.533. The average Bonchev–Trinajstić information content (AvgIpc) is 2.25. The molecular weight excluding hydrogens is 210 g/mol. The first kappa shape index (κ1) is 12.3. The highest BCUT2D eigenvalue weighted by molar-refractivity contribution is 5.80. The van der Waals surface area contributed by atoms with Crippen LogP contribution < -0.4 is 5.32 Å². The van der Waals surface area contributed by atoms with Crippen molar-refractivity contribution in [2.75, 3.05) is 6.54 Å². The Bertz CT molecular complexity index is 398. The Balaban J connectivity index is 1.75. The molecule has 0 radical (unpaired) electrons. The number of fused-ring (bicyclic) bond motifs is 1. The van der Waals surface area contributed by atoms with Crippen LogP contribution in [0.25, 0.3) is 0 Å². The van der Waals surface area contributed by atoms with Crippen molar-refractivity contribution in [3.05, 3.63) is 35.4 Å². The molecule has 17 heavy (non-hydrogen) atoms. The fourth-order valence-electron chi connectivity index (χ4n) is 2.42. The smallest absolute Gasteiger partial charge is 0.134 e. The third-order valence-electron chi connectivity index (χ3n) is 3.39. The maximum absolute atomic E-state index is 11.8. The molecule has 0 saturated heterocycles. The summed E-state index contributed by atoms with van der Waals surface area (Å²) >= 11 is 0. The van der Waals surface area contributed by atoms with Crippen molar-refractivity contribution in [2.24, 2.45) is 0 Å². The summed E-state index contributed by atoms with van der Waals surface area (Å²) in [5.74, 6) is 0.871. The Morgan fingerprint density at radius 1 is 1.41 bits per heavy atom. The largest absolute Gasteiger partial charge is 0.314 e. The van der Waals surface area contributed by atoms with Gasteiger partial charge in [-0.25, -0.2) is 0 Å². The van der Waals surface area contributed by atoms with Gasteiger partial charge < -0.3 is 5.32 Å². The molecule has 0 aliphatic heterocycles. The zero-order valence-electron chi connectivity index (χ0n) is 10.7. The minimum atomic E-state index is 0.387. The number of carbonyl (C=O) groups excluding carboxylic acids is 1. The summed E-state index contributed by atoms with van der Waals surface area (Å²) in [6.07, 6.45) is 2.47. The van der Waals surface area contributed by atoms with Crippen LogP contribution in [-0.4, -0.2) is 18.4 Å². The van der Waals surface area contributed by atoms with E-state index in [-0.39, 0.29) is 0 Å². The van der Waals surface area contributed by atoms with E-state index in [1.807, 2.05) is 0 Å². The number of hydrogen-bond acceptors (Lipinski definition) is 2. The number of nitrogens with one attached hydrogen (secondary N) is 1. The lowest BCUT2D eigenvalue weighted by Crippen LogP contribution is -2.26. The van der Waals surface area contributed by atoms with Gasteiger partial charge in [0, 0.05) is 25.4 Å². The number of ketones is 1. The second kappa shape index (κ2) is 5.46. The predicted molar refractivity (Wildman–Crippen MR) is 70.3 cm³/mol. The van der Waals surface area contributed by atoms with Gasteiger partial charge in [0.15, 0.2) is 0 Å². The molecule has 0 saturated carbocycles. The summed E-state index contributed by atoms with van der Waals surface area (Å²) in [6.45, 7) is 5.02. The Labute approximate surface area is 103 Å². The van der Waals surface area contributed by atoms with Gasteiger partial charge in [-0.3, -0.25) is 4.79 Å². The van der Waals surface area contributed by atoms with Gasteiger partial charge in [-0.2, -0.15) is 0 Å². The lowest BCUT2D eigenvalue weighted by molar-refractivity contribution is -0.119.